The van der Waals surface area contributed by atoms with Crippen LogP contribution in [0.4, 0.5) is 13.2 Å². The third kappa shape index (κ3) is 3.48. The summed E-state index contributed by atoms with van der Waals surface area (Å²) in [5.74, 6) is -0.224. The zero-order valence-electron chi connectivity index (χ0n) is 9.78. The van der Waals surface area contributed by atoms with E-state index in [-0.39, 0.29) is 17.9 Å². The maximum absolute atomic E-state index is 12.9. The van der Waals surface area contributed by atoms with Crippen molar-refractivity contribution in [1.29, 1.82) is 0 Å². The van der Waals surface area contributed by atoms with Gasteiger partial charge in [-0.1, -0.05) is 12.1 Å². The van der Waals surface area contributed by atoms with Crippen LogP contribution in [0.3, 0.4) is 0 Å². The molecule has 0 saturated heterocycles. The molecule has 1 aromatic carbocycles. The molecule has 102 valence electrons. The number of rotatable bonds is 4. The molecule has 0 bridgehead atoms. The van der Waals surface area contributed by atoms with E-state index in [4.69, 9.17) is 9.84 Å². The average molecular weight is 288 g/mol. The smallest absolute Gasteiger partial charge is 0.419 e. The molecular formula is C13H11F3O2S. The topological polar surface area (TPSA) is 29.5 Å². The summed E-state index contributed by atoms with van der Waals surface area (Å²) in [6.45, 7) is -0.340. The number of thiophene rings is 1. The van der Waals surface area contributed by atoms with Crippen molar-refractivity contribution < 1.29 is 23.0 Å². The Morgan fingerprint density at radius 1 is 1.21 bits per heavy atom. The van der Waals surface area contributed by atoms with Crippen molar-refractivity contribution in [3.63, 3.8) is 0 Å². The van der Waals surface area contributed by atoms with Crippen LogP contribution in [0, 0.1) is 0 Å². The Hall–Kier alpha value is -1.53. The van der Waals surface area contributed by atoms with Gasteiger partial charge in [0, 0.05) is 4.88 Å². The number of hydrogen-bond acceptors (Lipinski definition) is 3. The van der Waals surface area contributed by atoms with Crippen LogP contribution in [0.15, 0.2) is 35.7 Å². The number of hydrogen-bond donors (Lipinski definition) is 1. The minimum atomic E-state index is -4.50. The van der Waals surface area contributed by atoms with Crippen LogP contribution in [-0.4, -0.2) is 5.11 Å². The molecule has 19 heavy (non-hydrogen) atoms. The number of ether oxygens (including phenoxy) is 1. The summed E-state index contributed by atoms with van der Waals surface area (Å²) in [7, 11) is 0. The fourth-order valence-corrected chi connectivity index (χ4v) is 2.18. The van der Waals surface area contributed by atoms with E-state index in [1.165, 1.54) is 23.5 Å². The molecule has 1 heterocycles. The molecule has 0 amide bonds. The first kappa shape index (κ1) is 13.9. The van der Waals surface area contributed by atoms with Gasteiger partial charge in [-0.05, 0) is 29.1 Å². The molecule has 0 spiro atoms. The Kier molecular flexibility index (Phi) is 4.11. The minimum absolute atomic E-state index is 0.0964. The molecule has 0 atom stereocenters. The highest BCUT2D eigenvalue weighted by molar-refractivity contribution is 7.09. The van der Waals surface area contributed by atoms with E-state index in [9.17, 15) is 13.2 Å². The number of alkyl halides is 3. The molecule has 1 aromatic heterocycles. The lowest BCUT2D eigenvalue weighted by molar-refractivity contribution is -0.139. The lowest BCUT2D eigenvalue weighted by Gasteiger charge is -2.14. The van der Waals surface area contributed by atoms with Crippen molar-refractivity contribution in [3.05, 3.63) is 51.7 Å². The fraction of sp³-hybridized carbons (Fsp3) is 0.231. The highest BCUT2D eigenvalue weighted by atomic mass is 32.1. The van der Waals surface area contributed by atoms with Crippen LogP contribution >= 0.6 is 11.3 Å². The number of aliphatic hydroxyl groups excluding tert-OH is 1. The van der Waals surface area contributed by atoms with Crippen LogP contribution in [0.1, 0.15) is 16.0 Å². The van der Waals surface area contributed by atoms with Gasteiger partial charge in [0.05, 0.1) is 12.2 Å². The van der Waals surface area contributed by atoms with Crippen LogP contribution in [0.5, 0.6) is 5.75 Å². The SMILES string of the molecule is OCc1ccc(OCc2cccs2)c(C(F)(F)F)c1. The van der Waals surface area contributed by atoms with Gasteiger partial charge < -0.3 is 9.84 Å². The van der Waals surface area contributed by atoms with Gasteiger partial charge in [-0.2, -0.15) is 13.2 Å². The molecular weight excluding hydrogens is 277 g/mol. The highest BCUT2D eigenvalue weighted by Crippen LogP contribution is 2.37. The third-order valence-corrected chi connectivity index (χ3v) is 3.33. The monoisotopic (exact) mass is 288 g/mol. The van der Waals surface area contributed by atoms with Crippen LogP contribution in [-0.2, 0) is 19.4 Å². The van der Waals surface area contributed by atoms with E-state index in [0.29, 0.717) is 0 Å². The Morgan fingerprint density at radius 3 is 2.58 bits per heavy atom. The second-order valence-electron chi connectivity index (χ2n) is 3.85. The van der Waals surface area contributed by atoms with E-state index >= 15 is 0 Å². The second kappa shape index (κ2) is 5.63. The van der Waals surface area contributed by atoms with Gasteiger partial charge >= 0.3 is 6.18 Å². The Balaban J connectivity index is 2.23. The lowest BCUT2D eigenvalue weighted by atomic mass is 10.1. The molecule has 0 saturated carbocycles. The minimum Gasteiger partial charge on any atom is -0.487 e. The second-order valence-corrected chi connectivity index (χ2v) is 4.89. The standard InChI is InChI=1S/C13H11F3O2S/c14-13(15,16)11-6-9(7-17)3-4-12(11)18-8-10-2-1-5-19-10/h1-6,17H,7-8H2. The zero-order valence-corrected chi connectivity index (χ0v) is 10.6. The summed E-state index contributed by atoms with van der Waals surface area (Å²) in [4.78, 5) is 0.847. The van der Waals surface area contributed by atoms with Gasteiger partial charge in [-0.15, -0.1) is 11.3 Å². The number of benzene rings is 1. The molecule has 0 aliphatic carbocycles. The van der Waals surface area contributed by atoms with Crippen LogP contribution in [0.25, 0.3) is 0 Å². The van der Waals surface area contributed by atoms with Gasteiger partial charge in [0.25, 0.3) is 0 Å². The quantitative estimate of drug-likeness (QED) is 0.926. The Bertz CT molecular complexity index is 535. The van der Waals surface area contributed by atoms with Crippen molar-refractivity contribution in [2.45, 2.75) is 19.4 Å². The number of aliphatic hydroxyl groups is 1. The molecule has 1 N–H and O–H groups in total. The molecule has 2 nitrogen and oxygen atoms in total. The van der Waals surface area contributed by atoms with Crippen molar-refractivity contribution >= 4 is 11.3 Å². The average Bonchev–Trinajstić information content (AvgIpc) is 2.88. The maximum atomic E-state index is 12.9. The van der Waals surface area contributed by atoms with Gasteiger partial charge in [0.2, 0.25) is 0 Å². The van der Waals surface area contributed by atoms with Crippen molar-refractivity contribution in [3.8, 4) is 5.75 Å². The van der Waals surface area contributed by atoms with Gasteiger partial charge in [0.1, 0.15) is 12.4 Å². The molecule has 0 fully saturated rings. The van der Waals surface area contributed by atoms with E-state index in [1.54, 1.807) is 6.07 Å². The summed E-state index contributed by atoms with van der Waals surface area (Å²) in [5.41, 5.74) is -0.661. The zero-order chi connectivity index (χ0) is 13.9. The summed E-state index contributed by atoms with van der Waals surface area (Å²) in [6, 6.07) is 7.16. The first-order valence-electron chi connectivity index (χ1n) is 5.47. The third-order valence-electron chi connectivity index (χ3n) is 2.48. The van der Waals surface area contributed by atoms with Crippen molar-refractivity contribution in [2.75, 3.05) is 0 Å². The first-order chi connectivity index (χ1) is 9.00. The number of halogens is 3. The molecule has 2 aromatic rings. The Labute approximate surface area is 112 Å². The highest BCUT2D eigenvalue weighted by Gasteiger charge is 2.34. The largest absolute Gasteiger partial charge is 0.487 e. The van der Waals surface area contributed by atoms with Crippen LogP contribution < -0.4 is 4.74 Å². The predicted octanol–water partition coefficient (Wildman–Crippen LogP) is 3.84. The summed E-state index contributed by atoms with van der Waals surface area (Å²) in [5, 5.41) is 10.7. The fourth-order valence-electron chi connectivity index (χ4n) is 1.57. The van der Waals surface area contributed by atoms with E-state index in [1.807, 2.05) is 11.4 Å². The van der Waals surface area contributed by atoms with Gasteiger partial charge in [0.15, 0.2) is 0 Å². The van der Waals surface area contributed by atoms with Crippen molar-refractivity contribution in [2.24, 2.45) is 0 Å². The summed E-state index contributed by atoms with van der Waals surface area (Å²) < 4.78 is 43.8. The molecule has 2 rings (SSSR count). The normalized spacial score (nSPS) is 11.6. The van der Waals surface area contributed by atoms with E-state index < -0.39 is 18.3 Å². The molecule has 0 radical (unpaired) electrons. The molecule has 6 heteroatoms. The van der Waals surface area contributed by atoms with Gasteiger partial charge in [-0.25, -0.2) is 0 Å². The van der Waals surface area contributed by atoms with Gasteiger partial charge in [-0.3, -0.25) is 0 Å². The van der Waals surface area contributed by atoms with Crippen LogP contribution in [0.2, 0.25) is 0 Å². The maximum Gasteiger partial charge on any atom is 0.419 e. The van der Waals surface area contributed by atoms with E-state index in [0.717, 1.165) is 10.9 Å². The molecule has 0 aliphatic heterocycles. The van der Waals surface area contributed by atoms with E-state index in [2.05, 4.69) is 0 Å². The summed E-state index contributed by atoms with van der Waals surface area (Å²) in [6.07, 6.45) is -4.50. The summed E-state index contributed by atoms with van der Waals surface area (Å²) >= 11 is 1.42. The van der Waals surface area contributed by atoms with Crippen molar-refractivity contribution in [1.82, 2.24) is 0 Å². The predicted molar refractivity (Wildman–Crippen MR) is 66.0 cm³/mol. The lowest BCUT2D eigenvalue weighted by Crippen LogP contribution is -2.09. The molecule has 0 unspecified atom stereocenters. The molecule has 0 aliphatic rings. The Morgan fingerprint density at radius 2 is 2.00 bits per heavy atom. The first-order valence-corrected chi connectivity index (χ1v) is 6.35.